The van der Waals surface area contributed by atoms with Gasteiger partial charge < -0.3 is 67.5 Å². The van der Waals surface area contributed by atoms with E-state index in [1.807, 2.05) is 46.7 Å². The van der Waals surface area contributed by atoms with Crippen molar-refractivity contribution in [3.8, 4) is 0 Å². The second-order valence-electron chi connectivity index (χ2n) is 21.7. The van der Waals surface area contributed by atoms with Crippen LogP contribution in [-0.4, -0.2) is 202 Å². The number of likely N-dealkylation sites (N-methyl/N-ethyl adjacent to an activating group) is 2. The third-order valence-electron chi connectivity index (χ3n) is 15.3. The summed E-state index contributed by atoms with van der Waals surface area (Å²) in [4.78, 5) is 136. The maximum atomic E-state index is 14.2. The molecule has 79 heavy (non-hydrogen) atoms. The van der Waals surface area contributed by atoms with Gasteiger partial charge in [0.25, 0.3) is 0 Å². The van der Waals surface area contributed by atoms with Crippen molar-refractivity contribution < 1.29 is 57.4 Å². The Kier molecular flexibility index (Phi) is 27.8. The number of carbonyl (C=O) groups excluding carboxylic acids is 10. The van der Waals surface area contributed by atoms with E-state index in [0.717, 1.165) is 5.56 Å². The number of nitrogens with zero attached hydrogens (tertiary/aromatic N) is 4. The van der Waals surface area contributed by atoms with Gasteiger partial charge in [-0.2, -0.15) is 0 Å². The molecule has 10 amide bonds. The fourth-order valence-corrected chi connectivity index (χ4v) is 10.5. The number of rotatable bonds is 31. The smallest absolute Gasteiger partial charge is 0.243 e. The van der Waals surface area contributed by atoms with Crippen LogP contribution in [0.1, 0.15) is 105 Å². The summed E-state index contributed by atoms with van der Waals surface area (Å²) in [5.41, 5.74) is 12.8. The summed E-state index contributed by atoms with van der Waals surface area (Å²) in [7, 11) is 8.36. The number of likely N-dealkylation sites (tertiary alicyclic amines) is 2. The lowest BCUT2D eigenvalue weighted by Crippen LogP contribution is -2.55. The third kappa shape index (κ3) is 20.4. The number of anilines is 1. The standard InChI is InChI=1S/C55H92N12O12/c1-13-33(4)49(65(10)47(72)31-59-55(77)48(32(2)3)64(8)9)42(78-11)28-46(71)67-24-14-15-41(67)50(79-12)34(5)52(74)63-40(29-56)27-37-16-18-39(19-17-37)62-44(69)30-58-53(75)35(6)61-54(76)36(7)60-43(68)20-21-45(70)66-25-22-38(23-26-66)51(57)73/h16-19,32-36,38,40-42,48-50H,13-15,20-31,56H2,1-12H3,(H2,57,73)(H,58,75)(H,59,77)(H,60,68)(H,61,76)(H,62,69)(H,63,74)/t33-,34+,35-,36-,40-,41-,42+,48?,49-,50+/m0/s1. The normalized spacial score (nSPS) is 18.2. The molecule has 3 rings (SSSR count). The molecule has 0 spiro atoms. The van der Waals surface area contributed by atoms with Crippen molar-refractivity contribution in [2.75, 3.05) is 79.9 Å². The van der Waals surface area contributed by atoms with E-state index in [4.69, 9.17) is 20.9 Å². The van der Waals surface area contributed by atoms with E-state index in [-0.39, 0.29) is 79.6 Å². The predicted molar refractivity (Wildman–Crippen MR) is 297 cm³/mol. The van der Waals surface area contributed by atoms with Gasteiger partial charge in [-0.1, -0.05) is 53.2 Å². The Morgan fingerprint density at radius 3 is 1.90 bits per heavy atom. The summed E-state index contributed by atoms with van der Waals surface area (Å²) in [6.07, 6.45) is 1.78. The van der Waals surface area contributed by atoms with Gasteiger partial charge in [-0.25, -0.2) is 0 Å². The minimum atomic E-state index is -1.05. The number of carbonyl (C=O) groups is 10. The molecule has 1 aromatic rings. The first-order valence-corrected chi connectivity index (χ1v) is 27.7. The van der Waals surface area contributed by atoms with Crippen molar-refractivity contribution in [3.05, 3.63) is 29.8 Å². The number of amides is 10. The Morgan fingerprint density at radius 2 is 1.34 bits per heavy atom. The second kappa shape index (κ2) is 32.7. The molecular formula is C55H92N12O12. The van der Waals surface area contributed by atoms with E-state index < -0.39 is 90.5 Å². The van der Waals surface area contributed by atoms with Gasteiger partial charge in [0.15, 0.2) is 0 Å². The van der Waals surface area contributed by atoms with Crippen LogP contribution in [-0.2, 0) is 63.8 Å². The third-order valence-corrected chi connectivity index (χ3v) is 15.3. The zero-order chi connectivity index (χ0) is 59.3. The summed E-state index contributed by atoms with van der Waals surface area (Å²) in [5.74, 6) is -4.97. The molecule has 10 N–H and O–H groups in total. The summed E-state index contributed by atoms with van der Waals surface area (Å²) in [6, 6.07) is 3.07. The lowest BCUT2D eigenvalue weighted by atomic mass is 9.90. The lowest BCUT2D eigenvalue weighted by molar-refractivity contribution is -0.146. The van der Waals surface area contributed by atoms with Gasteiger partial charge in [0, 0.05) is 77.9 Å². The summed E-state index contributed by atoms with van der Waals surface area (Å²) in [6.45, 7) is 13.3. The molecule has 1 aromatic carbocycles. The summed E-state index contributed by atoms with van der Waals surface area (Å²) in [5, 5.41) is 16.1. The highest BCUT2D eigenvalue weighted by Crippen LogP contribution is 2.30. The molecule has 2 aliphatic rings. The van der Waals surface area contributed by atoms with Crippen LogP contribution in [0.4, 0.5) is 5.69 Å². The highest BCUT2D eigenvalue weighted by molar-refractivity contribution is 5.97. The van der Waals surface area contributed by atoms with Crippen LogP contribution in [0, 0.1) is 23.7 Å². The van der Waals surface area contributed by atoms with Crippen LogP contribution in [0.2, 0.25) is 0 Å². The molecule has 2 saturated heterocycles. The van der Waals surface area contributed by atoms with Crippen LogP contribution in [0.15, 0.2) is 24.3 Å². The van der Waals surface area contributed by atoms with E-state index in [9.17, 15) is 47.9 Å². The Balaban J connectivity index is 1.49. The van der Waals surface area contributed by atoms with Crippen LogP contribution in [0.5, 0.6) is 0 Å². The number of ether oxygens (including phenoxy) is 2. The molecule has 2 fully saturated rings. The molecular weight excluding hydrogens is 1020 g/mol. The highest BCUT2D eigenvalue weighted by Gasteiger charge is 2.42. The molecule has 0 saturated carbocycles. The topological polar surface area (TPSA) is 326 Å². The molecule has 0 radical (unpaired) electrons. The van der Waals surface area contributed by atoms with Crippen LogP contribution >= 0.6 is 0 Å². The van der Waals surface area contributed by atoms with Crippen LogP contribution < -0.4 is 43.4 Å². The average Bonchev–Trinajstić information content (AvgIpc) is 3.93. The molecule has 1 unspecified atom stereocenters. The molecule has 2 aliphatic heterocycles. The van der Waals surface area contributed by atoms with Gasteiger partial charge in [-0.3, -0.25) is 52.8 Å². The summed E-state index contributed by atoms with van der Waals surface area (Å²) >= 11 is 0. The molecule has 0 aliphatic carbocycles. The summed E-state index contributed by atoms with van der Waals surface area (Å²) < 4.78 is 11.9. The Labute approximate surface area is 466 Å². The largest absolute Gasteiger partial charge is 0.379 e. The van der Waals surface area contributed by atoms with Gasteiger partial charge in [0.2, 0.25) is 59.1 Å². The Bertz CT molecular complexity index is 2220. The minimum absolute atomic E-state index is 0.0175. The quantitative estimate of drug-likeness (QED) is 0.0480. The van der Waals surface area contributed by atoms with Crippen LogP contribution in [0.25, 0.3) is 0 Å². The van der Waals surface area contributed by atoms with E-state index in [1.165, 1.54) is 28.1 Å². The molecule has 10 atom stereocenters. The zero-order valence-corrected chi connectivity index (χ0v) is 48.7. The van der Waals surface area contributed by atoms with E-state index in [0.29, 0.717) is 63.8 Å². The number of piperidine rings is 1. The maximum Gasteiger partial charge on any atom is 0.243 e. The van der Waals surface area contributed by atoms with Gasteiger partial charge >= 0.3 is 0 Å². The average molecular weight is 1110 g/mol. The van der Waals surface area contributed by atoms with Crippen molar-refractivity contribution in [2.45, 2.75) is 155 Å². The number of benzene rings is 1. The first kappa shape index (κ1) is 67.0. The first-order chi connectivity index (χ1) is 37.3. The molecule has 0 bridgehead atoms. The van der Waals surface area contributed by atoms with Crippen LogP contribution in [0.3, 0.4) is 0 Å². The fourth-order valence-electron chi connectivity index (χ4n) is 10.5. The zero-order valence-electron chi connectivity index (χ0n) is 48.7. The SMILES string of the molecule is CC[C@H](C)[C@@H]([C@@H](CC(=O)N1CCC[C@H]1[C@H](OC)[C@@H](C)C(=O)N[C@H](CN)Cc1ccc(NC(=O)CNC(=O)[C@H](C)NC(=O)[C@H](C)NC(=O)CCC(=O)N2CCC(C(N)=O)CC2)cc1)OC)N(C)C(=O)CNC(=O)C(C(C)C)N(C)C. The predicted octanol–water partition coefficient (Wildman–Crippen LogP) is -0.137. The Hall–Kier alpha value is -6.24. The maximum absolute atomic E-state index is 14.2. The van der Waals surface area contributed by atoms with Crippen molar-refractivity contribution in [1.29, 1.82) is 0 Å². The van der Waals surface area contributed by atoms with Gasteiger partial charge in [-0.05, 0) is 89.6 Å². The Morgan fingerprint density at radius 1 is 0.722 bits per heavy atom. The van der Waals surface area contributed by atoms with Crippen molar-refractivity contribution in [2.24, 2.45) is 35.1 Å². The fraction of sp³-hybridized carbons (Fsp3) is 0.709. The number of nitrogens with two attached hydrogens (primary N) is 2. The van der Waals surface area contributed by atoms with Gasteiger partial charge in [0.05, 0.1) is 55.8 Å². The number of methoxy groups -OCH3 is 2. The van der Waals surface area contributed by atoms with Gasteiger partial charge in [0.1, 0.15) is 12.1 Å². The molecule has 0 aromatic heterocycles. The van der Waals surface area contributed by atoms with Crippen molar-refractivity contribution in [3.63, 3.8) is 0 Å². The lowest BCUT2D eigenvalue weighted by Gasteiger charge is -2.39. The molecule has 444 valence electrons. The van der Waals surface area contributed by atoms with E-state index >= 15 is 0 Å². The molecule has 24 nitrogen and oxygen atoms in total. The second-order valence-corrected chi connectivity index (χ2v) is 21.7. The van der Waals surface area contributed by atoms with E-state index in [2.05, 4.69) is 31.9 Å². The first-order valence-electron chi connectivity index (χ1n) is 27.7. The minimum Gasteiger partial charge on any atom is -0.379 e. The van der Waals surface area contributed by atoms with E-state index in [1.54, 1.807) is 52.9 Å². The van der Waals surface area contributed by atoms with Crippen molar-refractivity contribution in [1.82, 2.24) is 46.2 Å². The molecule has 2 heterocycles. The van der Waals surface area contributed by atoms with Crippen molar-refractivity contribution >= 4 is 64.8 Å². The monoisotopic (exact) mass is 1110 g/mol. The number of nitrogens with one attached hydrogen (secondary N) is 6. The number of hydrogen-bond donors (Lipinski definition) is 8. The molecule has 24 heteroatoms. The number of hydrogen-bond acceptors (Lipinski definition) is 14. The highest BCUT2D eigenvalue weighted by atomic mass is 16.5. The number of primary amides is 1. The van der Waals surface area contributed by atoms with Gasteiger partial charge in [-0.15, -0.1) is 0 Å².